The van der Waals surface area contributed by atoms with Gasteiger partial charge in [0.15, 0.2) is 5.82 Å². The molecule has 0 saturated carbocycles. The SMILES string of the molecule is CC(C)(C)Cc1noc(C2NCCc3sccc32)n1. The molecule has 1 aliphatic rings. The summed E-state index contributed by atoms with van der Waals surface area (Å²) < 4.78 is 5.46. The summed E-state index contributed by atoms with van der Waals surface area (Å²) >= 11 is 1.81. The largest absolute Gasteiger partial charge is 0.337 e. The smallest absolute Gasteiger partial charge is 0.248 e. The Morgan fingerprint density at radius 1 is 1.47 bits per heavy atom. The predicted molar refractivity (Wildman–Crippen MR) is 75.3 cm³/mol. The highest BCUT2D eigenvalue weighted by Gasteiger charge is 2.27. The number of rotatable bonds is 2. The Balaban J connectivity index is 1.85. The van der Waals surface area contributed by atoms with E-state index in [2.05, 4.69) is 47.7 Å². The Hall–Kier alpha value is -1.20. The summed E-state index contributed by atoms with van der Waals surface area (Å²) in [5.41, 5.74) is 1.47. The van der Waals surface area contributed by atoms with Gasteiger partial charge in [0, 0.05) is 17.8 Å². The molecule has 5 heteroatoms. The van der Waals surface area contributed by atoms with Gasteiger partial charge in [-0.2, -0.15) is 4.98 Å². The van der Waals surface area contributed by atoms with Crippen LogP contribution >= 0.6 is 11.3 Å². The molecule has 0 spiro atoms. The Morgan fingerprint density at radius 3 is 3.11 bits per heavy atom. The molecule has 1 atom stereocenters. The van der Waals surface area contributed by atoms with Gasteiger partial charge in [-0.3, -0.25) is 0 Å². The van der Waals surface area contributed by atoms with E-state index in [-0.39, 0.29) is 11.5 Å². The second-order valence-corrected chi connectivity index (χ2v) is 7.22. The van der Waals surface area contributed by atoms with Crippen molar-refractivity contribution in [3.05, 3.63) is 33.6 Å². The minimum absolute atomic E-state index is 0.0659. The molecule has 0 fully saturated rings. The first-order valence-corrected chi connectivity index (χ1v) is 7.53. The van der Waals surface area contributed by atoms with E-state index in [1.807, 2.05) is 11.3 Å². The van der Waals surface area contributed by atoms with Gasteiger partial charge in [0.1, 0.15) is 6.04 Å². The average molecular weight is 277 g/mol. The predicted octanol–water partition coefficient (Wildman–Crippen LogP) is 2.95. The van der Waals surface area contributed by atoms with E-state index in [0.29, 0.717) is 5.89 Å². The van der Waals surface area contributed by atoms with Crippen LogP contribution in [-0.2, 0) is 12.8 Å². The molecule has 1 aliphatic heterocycles. The zero-order chi connectivity index (χ0) is 13.5. The summed E-state index contributed by atoms with van der Waals surface area (Å²) in [6.07, 6.45) is 1.92. The van der Waals surface area contributed by atoms with Gasteiger partial charge in [-0.15, -0.1) is 11.3 Å². The van der Waals surface area contributed by atoms with Gasteiger partial charge in [-0.05, 0) is 28.8 Å². The van der Waals surface area contributed by atoms with Crippen molar-refractivity contribution in [2.75, 3.05) is 6.54 Å². The number of nitrogens with one attached hydrogen (secondary N) is 1. The lowest BCUT2D eigenvalue weighted by Gasteiger charge is -2.20. The van der Waals surface area contributed by atoms with Crippen molar-refractivity contribution in [2.24, 2.45) is 5.41 Å². The summed E-state index contributed by atoms with van der Waals surface area (Å²) in [6, 6.07) is 2.22. The van der Waals surface area contributed by atoms with Gasteiger partial charge >= 0.3 is 0 Å². The van der Waals surface area contributed by atoms with Gasteiger partial charge in [0.05, 0.1) is 0 Å². The minimum atomic E-state index is 0.0659. The van der Waals surface area contributed by atoms with E-state index < -0.39 is 0 Å². The third-order valence-electron chi connectivity index (χ3n) is 3.21. The molecule has 1 N–H and O–H groups in total. The van der Waals surface area contributed by atoms with Crippen molar-refractivity contribution in [2.45, 2.75) is 39.7 Å². The molecule has 0 saturated heterocycles. The lowest BCUT2D eigenvalue weighted by molar-refractivity contribution is 0.333. The molecular weight excluding hydrogens is 258 g/mol. The van der Waals surface area contributed by atoms with E-state index in [4.69, 9.17) is 4.52 Å². The van der Waals surface area contributed by atoms with Crippen LogP contribution in [0.15, 0.2) is 16.0 Å². The summed E-state index contributed by atoms with van der Waals surface area (Å²) in [5, 5.41) is 9.71. The van der Waals surface area contributed by atoms with Crippen molar-refractivity contribution >= 4 is 11.3 Å². The van der Waals surface area contributed by atoms with Gasteiger partial charge < -0.3 is 9.84 Å². The third kappa shape index (κ3) is 2.72. The fourth-order valence-electron chi connectivity index (χ4n) is 2.40. The van der Waals surface area contributed by atoms with Crippen LogP contribution < -0.4 is 5.32 Å². The quantitative estimate of drug-likeness (QED) is 0.917. The first-order valence-electron chi connectivity index (χ1n) is 6.65. The zero-order valence-corrected chi connectivity index (χ0v) is 12.4. The van der Waals surface area contributed by atoms with E-state index in [9.17, 15) is 0 Å². The van der Waals surface area contributed by atoms with Gasteiger partial charge in [-0.1, -0.05) is 25.9 Å². The fraction of sp³-hybridized carbons (Fsp3) is 0.571. The Kier molecular flexibility index (Phi) is 3.19. The molecule has 4 nitrogen and oxygen atoms in total. The Morgan fingerprint density at radius 2 is 2.32 bits per heavy atom. The number of fused-ring (bicyclic) bond motifs is 1. The topological polar surface area (TPSA) is 51.0 Å². The summed E-state index contributed by atoms with van der Waals surface area (Å²) in [6.45, 7) is 7.51. The van der Waals surface area contributed by atoms with Crippen molar-refractivity contribution in [3.63, 3.8) is 0 Å². The standard InChI is InChI=1S/C14H19N3OS/c1-14(2,3)8-11-16-13(18-17-11)12-9-5-7-19-10(9)4-6-15-12/h5,7,12,15H,4,6,8H2,1-3H3. The van der Waals surface area contributed by atoms with Crippen LogP contribution in [0.5, 0.6) is 0 Å². The van der Waals surface area contributed by atoms with E-state index >= 15 is 0 Å². The number of hydrogen-bond donors (Lipinski definition) is 1. The zero-order valence-electron chi connectivity index (χ0n) is 11.6. The lowest BCUT2D eigenvalue weighted by Crippen LogP contribution is -2.29. The van der Waals surface area contributed by atoms with Crippen LogP contribution in [0, 0.1) is 5.41 Å². The van der Waals surface area contributed by atoms with Crippen LogP contribution in [0.2, 0.25) is 0 Å². The molecule has 0 amide bonds. The molecule has 0 aromatic carbocycles. The summed E-state index contributed by atoms with van der Waals surface area (Å²) in [4.78, 5) is 5.99. The monoisotopic (exact) mass is 277 g/mol. The second kappa shape index (κ2) is 4.72. The lowest BCUT2D eigenvalue weighted by atomic mass is 9.92. The number of thiophene rings is 1. The average Bonchev–Trinajstić information content (AvgIpc) is 2.94. The normalized spacial score (nSPS) is 19.4. The minimum Gasteiger partial charge on any atom is -0.337 e. The number of nitrogens with zero attached hydrogens (tertiary/aromatic N) is 2. The van der Waals surface area contributed by atoms with Crippen LogP contribution in [0.3, 0.4) is 0 Å². The van der Waals surface area contributed by atoms with E-state index in [1.165, 1.54) is 10.4 Å². The molecule has 2 aromatic heterocycles. The molecule has 3 heterocycles. The van der Waals surface area contributed by atoms with Crippen molar-refractivity contribution in [1.82, 2.24) is 15.5 Å². The van der Waals surface area contributed by atoms with E-state index in [0.717, 1.165) is 25.2 Å². The molecule has 19 heavy (non-hydrogen) atoms. The van der Waals surface area contributed by atoms with Crippen LogP contribution in [-0.4, -0.2) is 16.7 Å². The highest BCUT2D eigenvalue weighted by atomic mass is 32.1. The molecule has 2 aromatic rings. The van der Waals surface area contributed by atoms with Crippen molar-refractivity contribution in [1.29, 1.82) is 0 Å². The third-order valence-corrected chi connectivity index (χ3v) is 4.21. The number of aromatic nitrogens is 2. The van der Waals surface area contributed by atoms with Gasteiger partial charge in [-0.25, -0.2) is 0 Å². The molecular formula is C14H19N3OS. The molecule has 3 rings (SSSR count). The highest BCUT2D eigenvalue weighted by Crippen LogP contribution is 2.31. The second-order valence-electron chi connectivity index (χ2n) is 6.22. The first kappa shape index (κ1) is 12.8. The molecule has 0 aliphatic carbocycles. The maximum absolute atomic E-state index is 5.46. The molecule has 102 valence electrons. The maximum Gasteiger partial charge on any atom is 0.248 e. The molecule has 1 unspecified atom stereocenters. The van der Waals surface area contributed by atoms with E-state index in [1.54, 1.807) is 0 Å². The highest BCUT2D eigenvalue weighted by molar-refractivity contribution is 7.10. The number of hydrogen-bond acceptors (Lipinski definition) is 5. The van der Waals surface area contributed by atoms with Gasteiger partial charge in [0.2, 0.25) is 5.89 Å². The Bertz CT molecular complexity index is 567. The molecule has 0 radical (unpaired) electrons. The summed E-state index contributed by atoms with van der Waals surface area (Å²) in [7, 11) is 0. The first-order chi connectivity index (χ1) is 9.03. The summed E-state index contributed by atoms with van der Waals surface area (Å²) in [5.74, 6) is 1.49. The van der Waals surface area contributed by atoms with Crippen LogP contribution in [0.25, 0.3) is 0 Å². The van der Waals surface area contributed by atoms with Crippen LogP contribution in [0.4, 0.5) is 0 Å². The van der Waals surface area contributed by atoms with Crippen LogP contribution in [0.1, 0.15) is 49.0 Å². The van der Waals surface area contributed by atoms with Crippen molar-refractivity contribution in [3.8, 4) is 0 Å². The molecule has 0 bridgehead atoms. The Labute approximate surface area is 117 Å². The van der Waals surface area contributed by atoms with Gasteiger partial charge in [0.25, 0.3) is 0 Å². The maximum atomic E-state index is 5.46. The fourth-order valence-corrected chi connectivity index (χ4v) is 3.32. The van der Waals surface area contributed by atoms with Crippen molar-refractivity contribution < 1.29 is 4.52 Å².